The Morgan fingerprint density at radius 3 is 1.46 bits per heavy atom. The van der Waals surface area contributed by atoms with Crippen LogP contribution in [0, 0.1) is 11.8 Å². The summed E-state index contributed by atoms with van der Waals surface area (Å²) in [5, 5.41) is 64.3. The first-order chi connectivity index (χ1) is 25.0. The number of carbonyl (C=O) groups excluding carboxylic acids is 1. The molecule has 0 aliphatic carbocycles. The fraction of sp³-hybridized carbons (Fsp3) is 0.976. The summed E-state index contributed by atoms with van der Waals surface area (Å²) >= 11 is 0. The van der Waals surface area contributed by atoms with E-state index in [-0.39, 0.29) is 6.61 Å². The predicted molar refractivity (Wildman–Crippen MR) is 209 cm³/mol. The first-order valence-electron chi connectivity index (χ1n) is 21.6. The van der Waals surface area contributed by atoms with Crippen LogP contribution < -0.4 is 5.32 Å². The molecule has 0 aromatic rings. The highest BCUT2D eigenvalue weighted by Crippen LogP contribution is 2.25. The quantitative estimate of drug-likeness (QED) is 0.0336. The first kappa shape index (κ1) is 49.2. The minimum absolute atomic E-state index is 0.231. The topological polar surface area (TPSA) is 169 Å². The summed E-state index contributed by atoms with van der Waals surface area (Å²) in [6, 6.07) is -0.873. The van der Waals surface area contributed by atoms with E-state index in [9.17, 15) is 35.4 Å². The molecule has 310 valence electrons. The number of hydrogen-bond acceptors (Lipinski definition) is 9. The molecule has 10 atom stereocenters. The van der Waals surface area contributed by atoms with Crippen molar-refractivity contribution in [1.82, 2.24) is 5.32 Å². The summed E-state index contributed by atoms with van der Waals surface area (Å²) in [5.74, 6) is 1.09. The number of rotatable bonds is 35. The largest absolute Gasteiger partial charge is 0.394 e. The first-order valence-corrected chi connectivity index (χ1v) is 21.6. The fourth-order valence-electron chi connectivity index (χ4n) is 7.03. The summed E-state index contributed by atoms with van der Waals surface area (Å²) in [6.45, 7) is 8.29. The molecule has 0 aromatic carbocycles. The number of nitrogens with one attached hydrogen (secondary N) is 1. The van der Waals surface area contributed by atoms with Crippen LogP contribution in [0.1, 0.15) is 188 Å². The maximum absolute atomic E-state index is 13.0. The van der Waals surface area contributed by atoms with Crippen molar-refractivity contribution in [1.29, 1.82) is 0 Å². The van der Waals surface area contributed by atoms with Crippen LogP contribution in [-0.4, -0.2) is 98.7 Å². The van der Waals surface area contributed by atoms with Gasteiger partial charge >= 0.3 is 0 Å². The van der Waals surface area contributed by atoms with Crippen molar-refractivity contribution in [3.63, 3.8) is 0 Å². The molecule has 1 heterocycles. The number of aliphatic hydroxyl groups is 6. The SMILES string of the molecule is CCC(C)CCCCCCCCCCCCC(O)C(CO[C@@H]1O[C@@H]([C@H](O)CO)C(O)C1O)NC(=O)C(O)CCCCCCCCCCCC(C)CC. The zero-order valence-electron chi connectivity index (χ0n) is 33.8. The Kier molecular flexibility index (Phi) is 29.7. The van der Waals surface area contributed by atoms with Crippen molar-refractivity contribution in [3.05, 3.63) is 0 Å². The molecule has 0 aromatic heterocycles. The lowest BCUT2D eigenvalue weighted by molar-refractivity contribution is -0.187. The normalized spacial score (nSPS) is 22.6. The lowest BCUT2D eigenvalue weighted by Gasteiger charge is -2.27. The average molecular weight is 746 g/mol. The third-order valence-corrected chi connectivity index (χ3v) is 11.4. The summed E-state index contributed by atoms with van der Waals surface area (Å²) in [6.07, 6.45) is 19.0. The Labute approximate surface area is 317 Å². The highest BCUT2D eigenvalue weighted by Gasteiger charge is 2.46. The standard InChI is InChI=1S/C42H83NO9/c1-5-32(3)26-22-18-14-10-7-8-12-16-20-24-28-35(45)34(31-51-42-39(49)38(48)40(52-42)37(47)30-44)43-41(50)36(46)29-25-21-17-13-9-11-15-19-23-27-33(4)6-2/h32-40,42,44-49H,5-31H2,1-4H3,(H,43,50)/t32?,33?,34?,35?,36?,37-,38?,39?,40+,42-/m1/s1. The second kappa shape index (κ2) is 31.4. The van der Waals surface area contributed by atoms with Crippen molar-refractivity contribution in [2.45, 2.75) is 237 Å². The number of ether oxygens (including phenoxy) is 2. The highest BCUT2D eigenvalue weighted by molar-refractivity contribution is 5.80. The van der Waals surface area contributed by atoms with Gasteiger partial charge < -0.3 is 45.4 Å². The molecular formula is C42H83NO9. The Morgan fingerprint density at radius 1 is 0.635 bits per heavy atom. The second-order valence-corrected chi connectivity index (χ2v) is 16.1. The fourth-order valence-corrected chi connectivity index (χ4v) is 7.03. The number of unbranched alkanes of at least 4 members (excludes halogenated alkanes) is 17. The van der Waals surface area contributed by atoms with E-state index in [1.165, 1.54) is 96.3 Å². The maximum Gasteiger partial charge on any atom is 0.249 e. The Balaban J connectivity index is 2.44. The number of hydrogen-bond donors (Lipinski definition) is 7. The molecule has 1 rings (SSSR count). The smallest absolute Gasteiger partial charge is 0.249 e. The molecule has 10 heteroatoms. The maximum atomic E-state index is 13.0. The van der Waals surface area contributed by atoms with Gasteiger partial charge in [-0.25, -0.2) is 0 Å². The molecule has 0 bridgehead atoms. The molecule has 52 heavy (non-hydrogen) atoms. The van der Waals surface area contributed by atoms with Gasteiger partial charge in [0.05, 0.1) is 25.4 Å². The van der Waals surface area contributed by atoms with Gasteiger partial charge in [-0.1, -0.05) is 175 Å². The molecule has 1 saturated heterocycles. The lowest BCUT2D eigenvalue weighted by atomic mass is 9.99. The molecule has 1 fully saturated rings. The van der Waals surface area contributed by atoms with Crippen molar-refractivity contribution in [2.24, 2.45) is 11.8 Å². The van der Waals surface area contributed by atoms with Gasteiger partial charge in [0.25, 0.3) is 0 Å². The number of amides is 1. The van der Waals surface area contributed by atoms with E-state index < -0.39 is 61.5 Å². The van der Waals surface area contributed by atoms with Gasteiger partial charge in [0, 0.05) is 0 Å². The molecule has 0 spiro atoms. The number of carbonyl (C=O) groups is 1. The number of aliphatic hydroxyl groups excluding tert-OH is 6. The minimum atomic E-state index is -1.48. The van der Waals surface area contributed by atoms with Crippen molar-refractivity contribution in [2.75, 3.05) is 13.2 Å². The molecule has 1 aliphatic rings. The molecule has 10 nitrogen and oxygen atoms in total. The van der Waals surface area contributed by atoms with Crippen LogP contribution in [0.5, 0.6) is 0 Å². The van der Waals surface area contributed by atoms with Gasteiger partial charge in [-0.15, -0.1) is 0 Å². The lowest BCUT2D eigenvalue weighted by Crippen LogP contribution is -2.50. The van der Waals surface area contributed by atoms with Gasteiger partial charge in [-0.2, -0.15) is 0 Å². The van der Waals surface area contributed by atoms with E-state index in [2.05, 4.69) is 33.0 Å². The Morgan fingerprint density at radius 2 is 1.04 bits per heavy atom. The van der Waals surface area contributed by atoms with Gasteiger partial charge in [-0.05, 0) is 24.7 Å². The zero-order chi connectivity index (χ0) is 38.6. The van der Waals surface area contributed by atoms with E-state index in [0.717, 1.165) is 63.2 Å². The summed E-state index contributed by atoms with van der Waals surface area (Å²) < 4.78 is 11.2. The van der Waals surface area contributed by atoms with Crippen LogP contribution in [0.3, 0.4) is 0 Å². The molecule has 1 amide bonds. The minimum Gasteiger partial charge on any atom is -0.394 e. The van der Waals surface area contributed by atoms with Gasteiger partial charge in [-0.3, -0.25) is 4.79 Å². The third-order valence-electron chi connectivity index (χ3n) is 11.4. The van der Waals surface area contributed by atoms with Crippen LogP contribution in [0.4, 0.5) is 0 Å². The Hall–Kier alpha value is -0.850. The molecular weight excluding hydrogens is 662 g/mol. The summed E-state index contributed by atoms with van der Waals surface area (Å²) in [7, 11) is 0. The van der Waals surface area contributed by atoms with E-state index in [4.69, 9.17) is 9.47 Å². The van der Waals surface area contributed by atoms with Gasteiger partial charge in [0.1, 0.15) is 30.5 Å². The summed E-state index contributed by atoms with van der Waals surface area (Å²) in [4.78, 5) is 13.0. The van der Waals surface area contributed by atoms with E-state index >= 15 is 0 Å². The van der Waals surface area contributed by atoms with Gasteiger partial charge in [0.15, 0.2) is 6.29 Å². The van der Waals surface area contributed by atoms with Gasteiger partial charge in [0.2, 0.25) is 5.91 Å². The predicted octanol–water partition coefficient (Wildman–Crippen LogP) is 7.07. The van der Waals surface area contributed by atoms with Crippen LogP contribution >= 0.6 is 0 Å². The Bertz CT molecular complexity index is 835. The van der Waals surface area contributed by atoms with Crippen LogP contribution in [0.2, 0.25) is 0 Å². The summed E-state index contributed by atoms with van der Waals surface area (Å²) in [5.41, 5.74) is 0. The zero-order valence-corrected chi connectivity index (χ0v) is 33.8. The second-order valence-electron chi connectivity index (χ2n) is 16.1. The molecule has 7 N–H and O–H groups in total. The third kappa shape index (κ3) is 22.5. The van der Waals surface area contributed by atoms with E-state index in [1.807, 2.05) is 0 Å². The molecule has 0 radical (unpaired) electrons. The van der Waals surface area contributed by atoms with Crippen molar-refractivity contribution < 1.29 is 44.9 Å². The molecule has 0 saturated carbocycles. The average Bonchev–Trinajstić information content (AvgIpc) is 3.43. The highest BCUT2D eigenvalue weighted by atomic mass is 16.7. The molecule has 7 unspecified atom stereocenters. The van der Waals surface area contributed by atoms with Crippen molar-refractivity contribution >= 4 is 5.91 Å². The molecule has 1 aliphatic heterocycles. The van der Waals surface area contributed by atoms with Crippen LogP contribution in [0.25, 0.3) is 0 Å². The van der Waals surface area contributed by atoms with Crippen molar-refractivity contribution in [3.8, 4) is 0 Å². The van der Waals surface area contributed by atoms with E-state index in [1.54, 1.807) is 0 Å². The van der Waals surface area contributed by atoms with E-state index in [0.29, 0.717) is 12.8 Å². The monoisotopic (exact) mass is 746 g/mol. The van der Waals surface area contributed by atoms with Crippen LogP contribution in [-0.2, 0) is 14.3 Å². The van der Waals surface area contributed by atoms with Crippen LogP contribution in [0.15, 0.2) is 0 Å².